The lowest BCUT2D eigenvalue weighted by Crippen LogP contribution is -2.26. The number of anilines is 1. The minimum Gasteiger partial charge on any atom is -0.398 e. The van der Waals surface area contributed by atoms with Crippen molar-refractivity contribution in [3.63, 3.8) is 0 Å². The molecule has 0 bridgehead atoms. The Morgan fingerprint density at radius 1 is 1.31 bits per heavy atom. The Morgan fingerprint density at radius 3 is 2.31 bits per heavy atom. The summed E-state index contributed by atoms with van der Waals surface area (Å²) in [5, 5.41) is 0. The fourth-order valence-corrected chi connectivity index (χ4v) is 2.65. The van der Waals surface area contributed by atoms with Crippen LogP contribution in [0.1, 0.15) is 18.1 Å². The van der Waals surface area contributed by atoms with Crippen molar-refractivity contribution in [3.05, 3.63) is 23.3 Å². The molecule has 0 fully saturated rings. The molecule has 0 heterocycles. The second-order valence-electron chi connectivity index (χ2n) is 3.87. The molecule has 0 saturated carbocycles. The van der Waals surface area contributed by atoms with E-state index in [9.17, 15) is 8.42 Å². The van der Waals surface area contributed by atoms with Gasteiger partial charge in [-0.15, -0.1) is 0 Å². The third-order valence-electron chi connectivity index (χ3n) is 2.83. The lowest BCUT2D eigenvalue weighted by molar-refractivity contribution is 0.486. The van der Waals surface area contributed by atoms with Crippen molar-refractivity contribution in [3.8, 4) is 0 Å². The van der Waals surface area contributed by atoms with Gasteiger partial charge in [-0.3, -0.25) is 0 Å². The molecule has 0 radical (unpaired) electrons. The Kier molecular flexibility index (Phi) is 3.60. The number of nitrogen functional groups attached to an aromatic ring is 1. The molecule has 0 aliphatic rings. The highest BCUT2D eigenvalue weighted by Crippen LogP contribution is 2.23. The zero-order valence-corrected chi connectivity index (χ0v) is 10.9. The molecule has 5 heteroatoms. The Hall–Kier alpha value is -1.07. The van der Waals surface area contributed by atoms with Crippen LogP contribution in [0.15, 0.2) is 17.0 Å². The monoisotopic (exact) mass is 242 g/mol. The molecular formula is C11H18N2O2S. The summed E-state index contributed by atoms with van der Waals surface area (Å²) < 4.78 is 25.4. The van der Waals surface area contributed by atoms with Gasteiger partial charge in [0.1, 0.15) is 0 Å². The van der Waals surface area contributed by atoms with Crippen molar-refractivity contribution in [2.75, 3.05) is 19.3 Å². The van der Waals surface area contributed by atoms with Crippen LogP contribution in [-0.2, 0) is 10.0 Å². The third-order valence-corrected chi connectivity index (χ3v) is 4.74. The SMILES string of the molecule is CCN(C)S(=O)(=O)c1cc(C)c(C)c(N)c1. The lowest BCUT2D eigenvalue weighted by Gasteiger charge is -2.16. The number of hydrogen-bond acceptors (Lipinski definition) is 3. The Balaban J connectivity index is 3.36. The molecule has 90 valence electrons. The van der Waals surface area contributed by atoms with Gasteiger partial charge in [0.2, 0.25) is 10.0 Å². The highest BCUT2D eigenvalue weighted by molar-refractivity contribution is 7.89. The first-order valence-electron chi connectivity index (χ1n) is 5.13. The minimum atomic E-state index is -3.40. The van der Waals surface area contributed by atoms with E-state index >= 15 is 0 Å². The highest BCUT2D eigenvalue weighted by Gasteiger charge is 2.20. The fourth-order valence-electron chi connectivity index (χ4n) is 1.35. The number of sulfonamides is 1. The second-order valence-corrected chi connectivity index (χ2v) is 5.92. The quantitative estimate of drug-likeness (QED) is 0.817. The number of hydrogen-bond donors (Lipinski definition) is 1. The van der Waals surface area contributed by atoms with Gasteiger partial charge in [0.15, 0.2) is 0 Å². The first-order valence-corrected chi connectivity index (χ1v) is 6.57. The largest absolute Gasteiger partial charge is 0.398 e. The van der Waals surface area contributed by atoms with Gasteiger partial charge in [-0.05, 0) is 37.1 Å². The van der Waals surface area contributed by atoms with Crippen LogP contribution < -0.4 is 5.73 Å². The van der Waals surface area contributed by atoms with Gasteiger partial charge in [0, 0.05) is 19.3 Å². The molecule has 0 unspecified atom stereocenters. The van der Waals surface area contributed by atoms with Crippen molar-refractivity contribution < 1.29 is 8.42 Å². The van der Waals surface area contributed by atoms with Crippen molar-refractivity contribution >= 4 is 15.7 Å². The van der Waals surface area contributed by atoms with Crippen LogP contribution >= 0.6 is 0 Å². The van der Waals surface area contributed by atoms with Crippen molar-refractivity contribution in [2.45, 2.75) is 25.7 Å². The van der Waals surface area contributed by atoms with Gasteiger partial charge in [-0.1, -0.05) is 6.92 Å². The summed E-state index contributed by atoms with van der Waals surface area (Å²) in [6.45, 7) is 5.97. The van der Waals surface area contributed by atoms with Crippen LogP contribution in [0.3, 0.4) is 0 Å². The number of benzene rings is 1. The number of nitrogens with two attached hydrogens (primary N) is 1. The van der Waals surface area contributed by atoms with E-state index in [1.165, 1.54) is 10.4 Å². The maximum absolute atomic E-state index is 12.0. The Bertz CT molecular complexity index is 472. The molecule has 0 amide bonds. The van der Waals surface area contributed by atoms with E-state index in [2.05, 4.69) is 0 Å². The van der Waals surface area contributed by atoms with Crippen LogP contribution in [-0.4, -0.2) is 26.3 Å². The van der Waals surface area contributed by atoms with E-state index in [4.69, 9.17) is 5.73 Å². The second kappa shape index (κ2) is 4.43. The highest BCUT2D eigenvalue weighted by atomic mass is 32.2. The summed E-state index contributed by atoms with van der Waals surface area (Å²) in [4.78, 5) is 0.262. The summed E-state index contributed by atoms with van der Waals surface area (Å²) in [6.07, 6.45) is 0. The lowest BCUT2D eigenvalue weighted by atomic mass is 10.1. The molecule has 0 aliphatic heterocycles. The first-order chi connectivity index (χ1) is 7.30. The molecule has 0 spiro atoms. The van der Waals surface area contributed by atoms with Crippen molar-refractivity contribution in [2.24, 2.45) is 0 Å². The minimum absolute atomic E-state index is 0.262. The van der Waals surface area contributed by atoms with Crippen LogP contribution in [0.5, 0.6) is 0 Å². The van der Waals surface area contributed by atoms with Gasteiger partial charge in [-0.2, -0.15) is 0 Å². The van der Waals surface area contributed by atoms with E-state index in [-0.39, 0.29) is 4.90 Å². The third kappa shape index (κ3) is 2.20. The smallest absolute Gasteiger partial charge is 0.242 e. The van der Waals surface area contributed by atoms with Crippen molar-refractivity contribution in [1.29, 1.82) is 0 Å². The average Bonchev–Trinajstić information content (AvgIpc) is 2.23. The molecule has 1 aromatic carbocycles. The van der Waals surface area contributed by atoms with Gasteiger partial charge < -0.3 is 5.73 Å². The summed E-state index contributed by atoms with van der Waals surface area (Å²) in [5.74, 6) is 0. The van der Waals surface area contributed by atoms with Crippen LogP contribution in [0, 0.1) is 13.8 Å². The maximum Gasteiger partial charge on any atom is 0.242 e. The summed E-state index contributed by atoms with van der Waals surface area (Å²) in [5.41, 5.74) is 8.11. The number of aryl methyl sites for hydroxylation is 1. The predicted molar refractivity (Wildman–Crippen MR) is 65.8 cm³/mol. The Morgan fingerprint density at radius 2 is 1.88 bits per heavy atom. The molecule has 16 heavy (non-hydrogen) atoms. The topological polar surface area (TPSA) is 63.4 Å². The molecule has 1 rings (SSSR count). The zero-order valence-electron chi connectivity index (χ0n) is 10.1. The first kappa shape index (κ1) is 13.0. The van der Waals surface area contributed by atoms with Crippen molar-refractivity contribution in [1.82, 2.24) is 4.31 Å². The molecule has 2 N–H and O–H groups in total. The molecule has 1 aromatic rings. The zero-order chi connectivity index (χ0) is 12.5. The maximum atomic E-state index is 12.0. The van der Waals surface area contributed by atoms with E-state index in [1.807, 2.05) is 13.8 Å². The molecule has 0 atom stereocenters. The van der Waals surface area contributed by atoms with E-state index in [0.29, 0.717) is 12.2 Å². The predicted octanol–water partition coefficient (Wildman–Crippen LogP) is 1.53. The molecular weight excluding hydrogens is 224 g/mol. The van der Waals surface area contributed by atoms with E-state index < -0.39 is 10.0 Å². The normalized spacial score (nSPS) is 12.1. The van der Waals surface area contributed by atoms with Gasteiger partial charge in [-0.25, -0.2) is 12.7 Å². The summed E-state index contributed by atoms with van der Waals surface area (Å²) >= 11 is 0. The summed E-state index contributed by atoms with van der Waals surface area (Å²) in [6, 6.07) is 3.18. The van der Waals surface area contributed by atoms with E-state index in [1.54, 1.807) is 20.0 Å². The summed E-state index contributed by atoms with van der Waals surface area (Å²) in [7, 11) is -1.84. The number of rotatable bonds is 3. The average molecular weight is 242 g/mol. The molecule has 0 saturated heterocycles. The van der Waals surface area contributed by atoms with Gasteiger partial charge in [0.05, 0.1) is 4.90 Å². The number of nitrogens with zero attached hydrogens (tertiary/aromatic N) is 1. The fraction of sp³-hybridized carbons (Fsp3) is 0.455. The molecule has 0 aliphatic carbocycles. The standard InChI is InChI=1S/C11H18N2O2S/c1-5-13(4)16(14,15)10-6-8(2)9(3)11(12)7-10/h6-7H,5,12H2,1-4H3. The van der Waals surface area contributed by atoms with Crippen LogP contribution in [0.4, 0.5) is 5.69 Å². The Labute approximate surface area is 97.1 Å². The van der Waals surface area contributed by atoms with E-state index in [0.717, 1.165) is 11.1 Å². The molecule has 4 nitrogen and oxygen atoms in total. The van der Waals surface area contributed by atoms with Crippen LogP contribution in [0.25, 0.3) is 0 Å². The van der Waals surface area contributed by atoms with Gasteiger partial charge in [0.25, 0.3) is 0 Å². The molecule has 0 aromatic heterocycles. The van der Waals surface area contributed by atoms with Gasteiger partial charge >= 0.3 is 0 Å². The van der Waals surface area contributed by atoms with Crippen LogP contribution in [0.2, 0.25) is 0 Å².